The number of rotatable bonds is 4. The van der Waals surface area contributed by atoms with Crippen molar-refractivity contribution >= 4 is 6.09 Å². The molecule has 0 aliphatic carbocycles. The van der Waals surface area contributed by atoms with E-state index >= 15 is 0 Å². The summed E-state index contributed by atoms with van der Waals surface area (Å²) in [5, 5.41) is 8.92. The highest BCUT2D eigenvalue weighted by atomic mass is 16.6. The lowest BCUT2D eigenvalue weighted by atomic mass is 9.88. The first-order valence-electron chi connectivity index (χ1n) is 8.83. The second kappa shape index (κ2) is 8.35. The van der Waals surface area contributed by atoms with Gasteiger partial charge in [0.1, 0.15) is 12.2 Å². The molecule has 0 N–H and O–H groups in total. The topological polar surface area (TPSA) is 62.6 Å². The quantitative estimate of drug-likeness (QED) is 0.820. The Bertz CT molecular complexity index is 631. The average Bonchev–Trinajstić information content (AvgIpc) is 2.54. The van der Waals surface area contributed by atoms with Crippen LogP contribution in [-0.4, -0.2) is 36.3 Å². The maximum atomic E-state index is 12.4. The van der Waals surface area contributed by atoms with Gasteiger partial charge in [-0.3, -0.25) is 0 Å². The molecule has 1 saturated heterocycles. The van der Waals surface area contributed by atoms with Gasteiger partial charge < -0.3 is 14.4 Å². The van der Waals surface area contributed by atoms with E-state index in [1.54, 1.807) is 4.90 Å². The maximum Gasteiger partial charge on any atom is 0.410 e. The number of ether oxygens (including phenoxy) is 2. The van der Waals surface area contributed by atoms with E-state index in [9.17, 15) is 4.79 Å². The summed E-state index contributed by atoms with van der Waals surface area (Å²) in [5.41, 5.74) is 1.71. The molecule has 5 heteroatoms. The largest absolute Gasteiger partial charge is 0.444 e. The highest BCUT2D eigenvalue weighted by Gasteiger charge is 2.33. The summed E-state index contributed by atoms with van der Waals surface area (Å²) in [6, 6.07) is 10.2. The minimum atomic E-state index is -0.503. The van der Waals surface area contributed by atoms with E-state index < -0.39 is 5.60 Å². The van der Waals surface area contributed by atoms with E-state index in [1.807, 2.05) is 45.9 Å². The minimum Gasteiger partial charge on any atom is -0.444 e. The van der Waals surface area contributed by atoms with Crippen LogP contribution in [0.25, 0.3) is 0 Å². The number of hydrogen-bond acceptors (Lipinski definition) is 4. The van der Waals surface area contributed by atoms with Gasteiger partial charge >= 0.3 is 6.09 Å². The normalized spacial score (nSPS) is 19.2. The Kier molecular flexibility index (Phi) is 6.44. The van der Waals surface area contributed by atoms with Gasteiger partial charge in [0.2, 0.25) is 0 Å². The molecule has 0 bridgehead atoms. The molecule has 1 amide bonds. The first kappa shape index (κ1) is 19.3. The number of amides is 1. The average molecular weight is 344 g/mol. The van der Waals surface area contributed by atoms with Gasteiger partial charge in [-0.25, -0.2) is 4.79 Å². The van der Waals surface area contributed by atoms with Gasteiger partial charge in [0.25, 0.3) is 0 Å². The standard InChI is InChI=1S/C20H28N2O3/c1-15-7-5-8-16(13-15)18(24-12-10-21)17-9-6-11-22(14-17)19(23)25-20(2,3)4/h5,7-8,13,17-18H,6,9,11-12,14H2,1-4H3. The highest BCUT2D eigenvalue weighted by molar-refractivity contribution is 5.68. The third-order valence-corrected chi connectivity index (χ3v) is 4.24. The van der Waals surface area contributed by atoms with Gasteiger partial charge in [0.15, 0.2) is 0 Å². The lowest BCUT2D eigenvalue weighted by Crippen LogP contribution is -2.44. The number of benzene rings is 1. The summed E-state index contributed by atoms with van der Waals surface area (Å²) >= 11 is 0. The Labute approximate surface area is 150 Å². The second-order valence-corrected chi connectivity index (χ2v) is 7.63. The summed E-state index contributed by atoms with van der Waals surface area (Å²) in [7, 11) is 0. The lowest BCUT2D eigenvalue weighted by molar-refractivity contribution is -0.0165. The van der Waals surface area contributed by atoms with E-state index in [1.165, 1.54) is 0 Å². The van der Waals surface area contributed by atoms with Crippen molar-refractivity contribution in [2.45, 2.75) is 52.2 Å². The van der Waals surface area contributed by atoms with Crippen LogP contribution in [0.3, 0.4) is 0 Å². The number of carbonyl (C=O) groups excluding carboxylic acids is 1. The monoisotopic (exact) mass is 344 g/mol. The van der Waals surface area contributed by atoms with Crippen molar-refractivity contribution in [3.8, 4) is 6.07 Å². The van der Waals surface area contributed by atoms with Crippen molar-refractivity contribution < 1.29 is 14.3 Å². The molecule has 0 saturated carbocycles. The molecular weight excluding hydrogens is 316 g/mol. The third-order valence-electron chi connectivity index (χ3n) is 4.24. The Hall–Kier alpha value is -2.06. The van der Waals surface area contributed by atoms with Crippen LogP contribution in [0.4, 0.5) is 4.79 Å². The molecule has 136 valence electrons. The van der Waals surface area contributed by atoms with Crippen molar-refractivity contribution in [1.82, 2.24) is 4.90 Å². The number of carbonyl (C=O) groups is 1. The highest BCUT2D eigenvalue weighted by Crippen LogP contribution is 2.33. The first-order chi connectivity index (χ1) is 11.8. The van der Waals surface area contributed by atoms with E-state index in [0.717, 1.165) is 24.0 Å². The van der Waals surface area contributed by atoms with Gasteiger partial charge in [-0.1, -0.05) is 29.8 Å². The fourth-order valence-corrected chi connectivity index (χ4v) is 3.23. The smallest absolute Gasteiger partial charge is 0.410 e. The van der Waals surface area contributed by atoms with Crippen LogP contribution in [0.15, 0.2) is 24.3 Å². The minimum absolute atomic E-state index is 0.0432. The third kappa shape index (κ3) is 5.75. The molecule has 0 aromatic heterocycles. The maximum absolute atomic E-state index is 12.4. The zero-order valence-electron chi connectivity index (χ0n) is 15.6. The van der Waals surface area contributed by atoms with Gasteiger partial charge in [0, 0.05) is 19.0 Å². The van der Waals surface area contributed by atoms with Gasteiger partial charge in [-0.05, 0) is 46.1 Å². The van der Waals surface area contributed by atoms with Crippen LogP contribution in [0, 0.1) is 24.2 Å². The molecule has 1 aliphatic heterocycles. The molecular formula is C20H28N2O3. The van der Waals surface area contributed by atoms with Crippen LogP contribution in [-0.2, 0) is 9.47 Å². The molecule has 0 radical (unpaired) electrons. The van der Waals surface area contributed by atoms with Crippen LogP contribution >= 0.6 is 0 Å². The predicted molar refractivity (Wildman–Crippen MR) is 96.0 cm³/mol. The summed E-state index contributed by atoms with van der Waals surface area (Å²) in [6.07, 6.45) is 1.40. The number of nitrogens with zero attached hydrogens (tertiary/aromatic N) is 2. The van der Waals surface area contributed by atoms with Crippen molar-refractivity contribution in [2.24, 2.45) is 5.92 Å². The molecule has 2 unspecified atom stereocenters. The summed E-state index contributed by atoms with van der Waals surface area (Å²) < 4.78 is 11.4. The number of aryl methyl sites for hydroxylation is 1. The number of nitriles is 1. The van der Waals surface area contributed by atoms with Crippen LogP contribution < -0.4 is 0 Å². The predicted octanol–water partition coefficient (Wildman–Crippen LogP) is 4.22. The Balaban J connectivity index is 2.14. The molecule has 5 nitrogen and oxygen atoms in total. The Morgan fingerprint density at radius 1 is 1.44 bits per heavy atom. The molecule has 1 aromatic rings. The van der Waals surface area contributed by atoms with Crippen molar-refractivity contribution in [3.63, 3.8) is 0 Å². The molecule has 1 heterocycles. The van der Waals surface area contributed by atoms with Gasteiger partial charge in [0.05, 0.1) is 12.2 Å². The Morgan fingerprint density at radius 2 is 2.20 bits per heavy atom. The van der Waals surface area contributed by atoms with Crippen LogP contribution in [0.5, 0.6) is 0 Å². The molecule has 25 heavy (non-hydrogen) atoms. The first-order valence-corrected chi connectivity index (χ1v) is 8.83. The summed E-state index contributed by atoms with van der Waals surface area (Å²) in [5.74, 6) is 0.149. The van der Waals surface area contributed by atoms with E-state index in [-0.39, 0.29) is 24.7 Å². The SMILES string of the molecule is Cc1cccc(C(OCC#N)C2CCCN(C(=O)OC(C)(C)C)C2)c1. The number of likely N-dealkylation sites (tertiary alicyclic amines) is 1. The zero-order chi connectivity index (χ0) is 18.4. The van der Waals surface area contributed by atoms with Crippen LogP contribution in [0.2, 0.25) is 0 Å². The molecule has 2 atom stereocenters. The molecule has 1 aromatic carbocycles. The van der Waals surface area contributed by atoms with Crippen molar-refractivity contribution in [1.29, 1.82) is 5.26 Å². The summed E-state index contributed by atoms with van der Waals surface area (Å²) in [6.45, 7) is 8.98. The molecule has 1 fully saturated rings. The fraction of sp³-hybridized carbons (Fsp3) is 0.600. The fourth-order valence-electron chi connectivity index (χ4n) is 3.23. The van der Waals surface area contributed by atoms with E-state index in [4.69, 9.17) is 14.7 Å². The Morgan fingerprint density at radius 3 is 2.84 bits per heavy atom. The van der Waals surface area contributed by atoms with Crippen molar-refractivity contribution in [3.05, 3.63) is 35.4 Å². The number of piperidine rings is 1. The van der Waals surface area contributed by atoms with Crippen molar-refractivity contribution in [2.75, 3.05) is 19.7 Å². The lowest BCUT2D eigenvalue weighted by Gasteiger charge is -2.37. The van der Waals surface area contributed by atoms with E-state index in [2.05, 4.69) is 12.1 Å². The summed E-state index contributed by atoms with van der Waals surface area (Å²) in [4.78, 5) is 14.2. The molecule has 2 rings (SSSR count). The molecule has 1 aliphatic rings. The number of hydrogen-bond donors (Lipinski definition) is 0. The van der Waals surface area contributed by atoms with Gasteiger partial charge in [-0.2, -0.15) is 5.26 Å². The van der Waals surface area contributed by atoms with Crippen LogP contribution in [0.1, 0.15) is 50.8 Å². The van der Waals surface area contributed by atoms with E-state index in [0.29, 0.717) is 13.1 Å². The zero-order valence-corrected chi connectivity index (χ0v) is 15.6. The van der Waals surface area contributed by atoms with Gasteiger partial charge in [-0.15, -0.1) is 0 Å². The second-order valence-electron chi connectivity index (χ2n) is 7.63. The molecule has 0 spiro atoms.